The quantitative estimate of drug-likeness (QED) is 0.618. The normalized spacial score (nSPS) is 19.9. The van der Waals surface area contributed by atoms with Gasteiger partial charge < -0.3 is 9.64 Å². The second-order valence-corrected chi connectivity index (χ2v) is 6.55. The van der Waals surface area contributed by atoms with Gasteiger partial charge in [0.1, 0.15) is 6.07 Å². The lowest BCUT2D eigenvalue weighted by molar-refractivity contribution is -0.384. The molecular weight excluding hydrogens is 270 g/mol. The summed E-state index contributed by atoms with van der Waals surface area (Å²) in [5, 5.41) is 20.1. The van der Waals surface area contributed by atoms with Crippen LogP contribution in [0.15, 0.2) is 18.2 Å². The minimum atomic E-state index is -0.488. The summed E-state index contributed by atoms with van der Waals surface area (Å²) in [6, 6.07) is 6.46. The fourth-order valence-corrected chi connectivity index (χ4v) is 2.96. The Labute approximate surface area is 124 Å². The number of rotatable bonds is 2. The first-order chi connectivity index (χ1) is 9.63. The second kappa shape index (κ2) is 5.01. The molecule has 0 aliphatic carbocycles. The van der Waals surface area contributed by atoms with Crippen LogP contribution in [0.1, 0.15) is 33.3 Å². The van der Waals surface area contributed by atoms with Crippen molar-refractivity contribution in [2.75, 3.05) is 18.0 Å². The van der Waals surface area contributed by atoms with Crippen LogP contribution in [-0.4, -0.2) is 29.2 Å². The molecular formula is C15H19N3O3. The molecule has 2 rings (SSSR count). The van der Waals surface area contributed by atoms with E-state index in [2.05, 4.69) is 11.0 Å². The standard InChI is InChI=1S/C15H19N3O3/c1-14(2)9-17(10-15(3,4)21-14)13-6-5-12(18(19)20)7-11(13)8-16/h5-7H,9-10H2,1-4H3. The third kappa shape index (κ3) is 3.31. The van der Waals surface area contributed by atoms with Gasteiger partial charge in [0.15, 0.2) is 0 Å². The lowest BCUT2D eigenvalue weighted by atomic mass is 9.97. The zero-order valence-corrected chi connectivity index (χ0v) is 12.7. The van der Waals surface area contributed by atoms with E-state index in [1.165, 1.54) is 12.1 Å². The van der Waals surface area contributed by atoms with Gasteiger partial charge in [0.05, 0.1) is 27.4 Å². The van der Waals surface area contributed by atoms with Crippen LogP contribution < -0.4 is 4.90 Å². The van der Waals surface area contributed by atoms with E-state index in [1.807, 2.05) is 27.7 Å². The molecule has 1 aromatic carbocycles. The van der Waals surface area contributed by atoms with E-state index in [0.29, 0.717) is 24.3 Å². The topological polar surface area (TPSA) is 79.4 Å². The maximum Gasteiger partial charge on any atom is 0.270 e. The Hall–Kier alpha value is -2.13. The fraction of sp³-hybridized carbons (Fsp3) is 0.533. The lowest BCUT2D eigenvalue weighted by Crippen LogP contribution is -2.57. The Bertz CT molecular complexity index is 601. The van der Waals surface area contributed by atoms with Crippen molar-refractivity contribution in [3.63, 3.8) is 0 Å². The monoisotopic (exact) mass is 289 g/mol. The summed E-state index contributed by atoms with van der Waals surface area (Å²) in [5.41, 5.74) is 0.263. The molecule has 0 amide bonds. The van der Waals surface area contributed by atoms with E-state index in [0.717, 1.165) is 0 Å². The first kappa shape index (κ1) is 15.3. The highest BCUT2D eigenvalue weighted by molar-refractivity contribution is 5.63. The summed E-state index contributed by atoms with van der Waals surface area (Å²) in [4.78, 5) is 12.4. The Morgan fingerprint density at radius 3 is 2.33 bits per heavy atom. The predicted octanol–water partition coefficient (Wildman–Crippen LogP) is 2.86. The van der Waals surface area contributed by atoms with Crippen LogP contribution in [0.2, 0.25) is 0 Å². The van der Waals surface area contributed by atoms with Crippen LogP contribution in [0.5, 0.6) is 0 Å². The molecule has 1 aliphatic heterocycles. The van der Waals surface area contributed by atoms with Crippen molar-refractivity contribution >= 4 is 11.4 Å². The Morgan fingerprint density at radius 1 is 1.29 bits per heavy atom. The molecule has 6 nitrogen and oxygen atoms in total. The van der Waals surface area contributed by atoms with Gasteiger partial charge >= 0.3 is 0 Å². The van der Waals surface area contributed by atoms with E-state index in [9.17, 15) is 15.4 Å². The van der Waals surface area contributed by atoms with Crippen LogP contribution in [0.3, 0.4) is 0 Å². The number of nitro benzene ring substituents is 1. The van der Waals surface area contributed by atoms with Gasteiger partial charge in [-0.3, -0.25) is 10.1 Å². The summed E-state index contributed by atoms with van der Waals surface area (Å²) in [6.07, 6.45) is 0. The number of ether oxygens (including phenoxy) is 1. The van der Waals surface area contributed by atoms with Crippen LogP contribution >= 0.6 is 0 Å². The number of non-ortho nitro benzene ring substituents is 1. The molecule has 6 heteroatoms. The first-order valence-corrected chi connectivity index (χ1v) is 6.77. The van der Waals surface area contributed by atoms with Gasteiger partial charge in [-0.15, -0.1) is 0 Å². The maximum absolute atomic E-state index is 10.8. The largest absolute Gasteiger partial charge is 0.366 e. The van der Waals surface area contributed by atoms with Gasteiger partial charge in [0.2, 0.25) is 0 Å². The number of benzene rings is 1. The Morgan fingerprint density at radius 2 is 1.86 bits per heavy atom. The number of morpholine rings is 1. The number of nitriles is 1. The van der Waals surface area contributed by atoms with E-state index < -0.39 is 4.92 Å². The average molecular weight is 289 g/mol. The molecule has 0 aromatic heterocycles. The molecule has 112 valence electrons. The van der Waals surface area contributed by atoms with Crippen LogP contribution in [0, 0.1) is 21.4 Å². The third-order valence-corrected chi connectivity index (χ3v) is 3.35. The van der Waals surface area contributed by atoms with Crippen LogP contribution in [0.4, 0.5) is 11.4 Å². The molecule has 21 heavy (non-hydrogen) atoms. The number of anilines is 1. The Balaban J connectivity index is 2.42. The van der Waals surface area contributed by atoms with Gasteiger partial charge in [0, 0.05) is 25.2 Å². The SMILES string of the molecule is CC1(C)CN(c2ccc([N+](=O)[O-])cc2C#N)CC(C)(C)O1. The molecule has 0 bridgehead atoms. The average Bonchev–Trinajstić information content (AvgIpc) is 2.34. The molecule has 0 saturated carbocycles. The number of hydrogen-bond donors (Lipinski definition) is 0. The molecule has 0 radical (unpaired) electrons. The summed E-state index contributed by atoms with van der Waals surface area (Å²) in [7, 11) is 0. The highest BCUT2D eigenvalue weighted by Gasteiger charge is 2.38. The zero-order valence-electron chi connectivity index (χ0n) is 12.7. The number of nitro groups is 1. The van der Waals surface area contributed by atoms with Gasteiger partial charge in [0.25, 0.3) is 5.69 Å². The molecule has 1 aliphatic rings. The summed E-state index contributed by atoms with van der Waals surface area (Å²) in [5.74, 6) is 0. The molecule has 1 fully saturated rings. The molecule has 1 heterocycles. The molecule has 1 saturated heterocycles. The van der Waals surface area contributed by atoms with Gasteiger partial charge in [-0.05, 0) is 33.8 Å². The van der Waals surface area contributed by atoms with Crippen molar-refractivity contribution in [1.82, 2.24) is 0 Å². The molecule has 1 aromatic rings. The van der Waals surface area contributed by atoms with E-state index in [-0.39, 0.29) is 16.9 Å². The molecule has 0 unspecified atom stereocenters. The smallest absolute Gasteiger partial charge is 0.270 e. The highest BCUT2D eigenvalue weighted by Crippen LogP contribution is 2.34. The minimum absolute atomic E-state index is 0.0675. The number of nitrogens with zero attached hydrogens (tertiary/aromatic N) is 3. The number of hydrogen-bond acceptors (Lipinski definition) is 5. The zero-order chi connectivity index (χ0) is 15.8. The van der Waals surface area contributed by atoms with E-state index in [4.69, 9.17) is 4.74 Å². The van der Waals surface area contributed by atoms with Crippen molar-refractivity contribution < 1.29 is 9.66 Å². The third-order valence-electron chi connectivity index (χ3n) is 3.35. The van der Waals surface area contributed by atoms with Crippen molar-refractivity contribution in [3.8, 4) is 6.07 Å². The van der Waals surface area contributed by atoms with Gasteiger partial charge in [-0.1, -0.05) is 0 Å². The van der Waals surface area contributed by atoms with Crippen molar-refractivity contribution in [1.29, 1.82) is 5.26 Å². The summed E-state index contributed by atoms with van der Waals surface area (Å²) < 4.78 is 6.02. The van der Waals surface area contributed by atoms with Crippen molar-refractivity contribution in [3.05, 3.63) is 33.9 Å². The van der Waals surface area contributed by atoms with Gasteiger partial charge in [-0.2, -0.15) is 5.26 Å². The molecule has 0 spiro atoms. The summed E-state index contributed by atoms with van der Waals surface area (Å²) >= 11 is 0. The molecule has 0 atom stereocenters. The predicted molar refractivity (Wildman–Crippen MR) is 79.3 cm³/mol. The maximum atomic E-state index is 10.8. The summed E-state index contributed by atoms with van der Waals surface area (Å²) in [6.45, 7) is 9.25. The lowest BCUT2D eigenvalue weighted by Gasteiger charge is -2.48. The van der Waals surface area contributed by atoms with Crippen LogP contribution in [0.25, 0.3) is 0 Å². The second-order valence-electron chi connectivity index (χ2n) is 6.55. The highest BCUT2D eigenvalue weighted by atomic mass is 16.6. The Kier molecular flexibility index (Phi) is 3.64. The van der Waals surface area contributed by atoms with E-state index in [1.54, 1.807) is 6.07 Å². The van der Waals surface area contributed by atoms with Crippen molar-refractivity contribution in [2.45, 2.75) is 38.9 Å². The first-order valence-electron chi connectivity index (χ1n) is 6.77. The van der Waals surface area contributed by atoms with Crippen molar-refractivity contribution in [2.24, 2.45) is 0 Å². The minimum Gasteiger partial charge on any atom is -0.366 e. The van der Waals surface area contributed by atoms with Crippen LogP contribution in [-0.2, 0) is 4.74 Å². The molecule has 0 N–H and O–H groups in total. The van der Waals surface area contributed by atoms with E-state index >= 15 is 0 Å². The van der Waals surface area contributed by atoms with Gasteiger partial charge in [-0.25, -0.2) is 0 Å². The fourth-order valence-electron chi connectivity index (χ4n) is 2.96.